The van der Waals surface area contributed by atoms with Crippen molar-refractivity contribution in [2.24, 2.45) is 4.99 Å². The smallest absolute Gasteiger partial charge is 0.191 e. The molecule has 0 fully saturated rings. The first kappa shape index (κ1) is 19.2. The predicted molar refractivity (Wildman–Crippen MR) is 107 cm³/mol. The number of aryl methyl sites for hydroxylation is 3. The van der Waals surface area contributed by atoms with Crippen LogP contribution in [0.4, 0.5) is 0 Å². The van der Waals surface area contributed by atoms with Crippen molar-refractivity contribution in [1.29, 1.82) is 0 Å². The molecule has 1 aromatic heterocycles. The van der Waals surface area contributed by atoms with E-state index in [4.69, 9.17) is 9.73 Å². The maximum atomic E-state index is 5.41. The van der Waals surface area contributed by atoms with E-state index >= 15 is 0 Å². The maximum absolute atomic E-state index is 5.41. The zero-order valence-corrected chi connectivity index (χ0v) is 16.7. The Bertz CT molecular complexity index is 798. The molecule has 1 aromatic carbocycles. The molecule has 27 heavy (non-hydrogen) atoms. The van der Waals surface area contributed by atoms with Gasteiger partial charge in [-0.3, -0.25) is 4.99 Å². The summed E-state index contributed by atoms with van der Waals surface area (Å²) >= 11 is 0. The molecule has 7 nitrogen and oxygen atoms in total. The molecule has 1 aliphatic heterocycles. The van der Waals surface area contributed by atoms with Crippen molar-refractivity contribution >= 4 is 5.96 Å². The third-order valence-electron chi connectivity index (χ3n) is 4.78. The Labute approximate surface area is 161 Å². The fraction of sp³-hybridized carbons (Fsp3) is 0.550. The standard InChI is InChI=1S/C20H30N6O/c1-5-21-20(22-11-10-16-9-8-14(2)18(13-16)27-4)24-17-7-6-12-26-19(17)23-15(3)25-26/h8-9,13,17H,5-7,10-12H2,1-4H3,(H2,21,22,24). The highest BCUT2D eigenvalue weighted by molar-refractivity contribution is 5.80. The molecule has 0 bridgehead atoms. The second-order valence-electron chi connectivity index (χ2n) is 6.89. The summed E-state index contributed by atoms with van der Waals surface area (Å²) in [7, 11) is 1.71. The third-order valence-corrected chi connectivity index (χ3v) is 4.78. The summed E-state index contributed by atoms with van der Waals surface area (Å²) in [6.07, 6.45) is 3.00. The summed E-state index contributed by atoms with van der Waals surface area (Å²) in [5.74, 6) is 3.59. The van der Waals surface area contributed by atoms with Crippen LogP contribution < -0.4 is 15.4 Å². The number of benzene rings is 1. The van der Waals surface area contributed by atoms with E-state index in [1.54, 1.807) is 7.11 Å². The Kier molecular flexibility index (Phi) is 6.32. The molecule has 7 heteroatoms. The number of ether oxygens (including phenoxy) is 1. The van der Waals surface area contributed by atoms with Crippen molar-refractivity contribution in [2.45, 2.75) is 52.6 Å². The van der Waals surface area contributed by atoms with E-state index in [-0.39, 0.29) is 6.04 Å². The SMILES string of the molecule is CCNC(=NCCc1ccc(C)c(OC)c1)NC1CCCn2nc(C)nc21. The molecule has 0 amide bonds. The molecule has 2 N–H and O–H groups in total. The molecule has 2 heterocycles. The monoisotopic (exact) mass is 370 g/mol. The first-order chi connectivity index (χ1) is 13.1. The van der Waals surface area contributed by atoms with Gasteiger partial charge in [0.15, 0.2) is 5.96 Å². The molecule has 2 aromatic rings. The fourth-order valence-electron chi connectivity index (χ4n) is 3.41. The highest BCUT2D eigenvalue weighted by Gasteiger charge is 2.24. The van der Waals surface area contributed by atoms with Crippen LogP contribution in [-0.4, -0.2) is 40.9 Å². The average molecular weight is 371 g/mol. The summed E-state index contributed by atoms with van der Waals surface area (Å²) < 4.78 is 7.42. The summed E-state index contributed by atoms with van der Waals surface area (Å²) in [6, 6.07) is 6.48. The van der Waals surface area contributed by atoms with Gasteiger partial charge in [-0.05, 0) is 57.2 Å². The largest absolute Gasteiger partial charge is 0.496 e. The van der Waals surface area contributed by atoms with Gasteiger partial charge in [0, 0.05) is 19.6 Å². The first-order valence-electron chi connectivity index (χ1n) is 9.70. The highest BCUT2D eigenvalue weighted by Crippen LogP contribution is 2.23. The average Bonchev–Trinajstić information content (AvgIpc) is 3.04. The fourth-order valence-corrected chi connectivity index (χ4v) is 3.41. The lowest BCUT2D eigenvalue weighted by atomic mass is 10.1. The van der Waals surface area contributed by atoms with Gasteiger partial charge in [-0.1, -0.05) is 12.1 Å². The van der Waals surface area contributed by atoms with Gasteiger partial charge in [0.2, 0.25) is 0 Å². The Balaban J connectivity index is 1.65. The second-order valence-corrected chi connectivity index (χ2v) is 6.89. The number of hydrogen-bond donors (Lipinski definition) is 2. The second kappa shape index (κ2) is 8.88. The quantitative estimate of drug-likeness (QED) is 0.604. The van der Waals surface area contributed by atoms with Crippen molar-refractivity contribution in [1.82, 2.24) is 25.4 Å². The number of methoxy groups -OCH3 is 1. The van der Waals surface area contributed by atoms with Crippen molar-refractivity contribution in [3.63, 3.8) is 0 Å². The van der Waals surface area contributed by atoms with Gasteiger partial charge in [0.1, 0.15) is 17.4 Å². The lowest BCUT2D eigenvalue weighted by Gasteiger charge is -2.25. The Morgan fingerprint density at radius 2 is 2.22 bits per heavy atom. The first-order valence-corrected chi connectivity index (χ1v) is 9.70. The van der Waals surface area contributed by atoms with Crippen LogP contribution in [0.25, 0.3) is 0 Å². The van der Waals surface area contributed by atoms with E-state index in [1.807, 2.05) is 11.6 Å². The van der Waals surface area contributed by atoms with Crippen LogP contribution in [0, 0.1) is 13.8 Å². The van der Waals surface area contributed by atoms with Gasteiger partial charge >= 0.3 is 0 Å². The van der Waals surface area contributed by atoms with Gasteiger partial charge in [0.25, 0.3) is 0 Å². The highest BCUT2D eigenvalue weighted by atomic mass is 16.5. The summed E-state index contributed by atoms with van der Waals surface area (Å²) in [6.45, 7) is 8.55. The Hall–Kier alpha value is -2.57. The molecule has 0 spiro atoms. The van der Waals surface area contributed by atoms with Crippen LogP contribution in [0.1, 0.15) is 48.6 Å². The Morgan fingerprint density at radius 3 is 3.00 bits per heavy atom. The van der Waals surface area contributed by atoms with Gasteiger partial charge in [0.05, 0.1) is 13.2 Å². The van der Waals surface area contributed by atoms with Crippen molar-refractivity contribution in [3.8, 4) is 5.75 Å². The van der Waals surface area contributed by atoms with Crippen molar-refractivity contribution in [2.75, 3.05) is 20.2 Å². The summed E-state index contributed by atoms with van der Waals surface area (Å²) in [5, 5.41) is 11.4. The van der Waals surface area contributed by atoms with E-state index in [2.05, 4.69) is 52.8 Å². The molecule has 0 saturated carbocycles. The van der Waals surface area contributed by atoms with Crippen molar-refractivity contribution < 1.29 is 4.74 Å². The van der Waals surface area contributed by atoms with E-state index in [0.717, 1.165) is 61.3 Å². The number of fused-ring (bicyclic) bond motifs is 1. The Morgan fingerprint density at radius 1 is 1.37 bits per heavy atom. The van der Waals surface area contributed by atoms with Crippen LogP contribution in [-0.2, 0) is 13.0 Å². The summed E-state index contributed by atoms with van der Waals surface area (Å²) in [5.41, 5.74) is 2.38. The van der Waals surface area contributed by atoms with Crippen LogP contribution in [0.2, 0.25) is 0 Å². The predicted octanol–water partition coefficient (Wildman–Crippen LogP) is 2.54. The van der Waals surface area contributed by atoms with E-state index < -0.39 is 0 Å². The molecule has 1 unspecified atom stereocenters. The molecular weight excluding hydrogens is 340 g/mol. The number of nitrogens with one attached hydrogen (secondary N) is 2. The van der Waals surface area contributed by atoms with E-state index in [1.165, 1.54) is 5.56 Å². The van der Waals surface area contributed by atoms with Crippen LogP contribution >= 0.6 is 0 Å². The molecule has 0 saturated heterocycles. The lowest BCUT2D eigenvalue weighted by molar-refractivity contribution is 0.397. The lowest BCUT2D eigenvalue weighted by Crippen LogP contribution is -2.41. The minimum absolute atomic E-state index is 0.150. The van der Waals surface area contributed by atoms with Gasteiger partial charge in [-0.25, -0.2) is 9.67 Å². The van der Waals surface area contributed by atoms with Gasteiger partial charge in [-0.15, -0.1) is 0 Å². The third kappa shape index (κ3) is 4.78. The van der Waals surface area contributed by atoms with Crippen LogP contribution in [0.3, 0.4) is 0 Å². The molecule has 0 radical (unpaired) electrons. The van der Waals surface area contributed by atoms with Gasteiger partial charge < -0.3 is 15.4 Å². The number of aromatic nitrogens is 3. The molecule has 0 aliphatic carbocycles. The maximum Gasteiger partial charge on any atom is 0.191 e. The van der Waals surface area contributed by atoms with Crippen LogP contribution in [0.5, 0.6) is 5.75 Å². The number of hydrogen-bond acceptors (Lipinski definition) is 4. The molecule has 1 atom stereocenters. The molecule has 1 aliphatic rings. The van der Waals surface area contributed by atoms with Crippen molar-refractivity contribution in [3.05, 3.63) is 41.0 Å². The van der Waals surface area contributed by atoms with Crippen LogP contribution in [0.15, 0.2) is 23.2 Å². The van der Waals surface area contributed by atoms with E-state index in [0.29, 0.717) is 6.54 Å². The normalized spacial score (nSPS) is 16.7. The number of nitrogens with zero attached hydrogens (tertiary/aromatic N) is 4. The number of aliphatic imine (C=N–C) groups is 1. The van der Waals surface area contributed by atoms with Gasteiger partial charge in [-0.2, -0.15) is 5.10 Å². The zero-order valence-electron chi connectivity index (χ0n) is 16.7. The zero-order chi connectivity index (χ0) is 19.2. The molecular formula is C20H30N6O. The number of guanidine groups is 1. The number of rotatable bonds is 6. The molecule has 146 valence electrons. The van der Waals surface area contributed by atoms with E-state index in [9.17, 15) is 0 Å². The molecule has 3 rings (SSSR count). The summed E-state index contributed by atoms with van der Waals surface area (Å²) in [4.78, 5) is 9.35. The minimum Gasteiger partial charge on any atom is -0.496 e. The topological polar surface area (TPSA) is 76.4 Å². The minimum atomic E-state index is 0.150.